The third-order valence-electron chi connectivity index (χ3n) is 17.7. The number of hydrogen-bond acceptors (Lipinski definition) is 4. The molecule has 14 aromatic rings. The van der Waals surface area contributed by atoms with E-state index in [0.717, 1.165) is 73.8 Å². The molecule has 17 rings (SSSR count). The minimum absolute atomic E-state index is 0.627. The zero-order chi connectivity index (χ0) is 54.6. The molecule has 1 aliphatic carbocycles. The van der Waals surface area contributed by atoms with Crippen LogP contribution in [0.2, 0.25) is 0 Å². The molecule has 0 saturated carbocycles. The molecule has 0 bridgehead atoms. The van der Waals surface area contributed by atoms with E-state index in [1.165, 1.54) is 71.3 Å². The highest BCUT2D eigenvalue weighted by molar-refractivity contribution is 6.27. The van der Waals surface area contributed by atoms with Gasteiger partial charge in [-0.1, -0.05) is 218 Å². The van der Waals surface area contributed by atoms with Crippen LogP contribution in [-0.2, 0) is 5.41 Å². The zero-order valence-electron chi connectivity index (χ0n) is 45.3. The lowest BCUT2D eigenvalue weighted by atomic mass is 9.67. The predicted molar refractivity (Wildman–Crippen MR) is 349 cm³/mol. The molecule has 2 aliphatic heterocycles. The number of para-hydroxylation sites is 10. The normalized spacial score (nSPS) is 13.7. The molecular formula is C79H52N4. The largest absolute Gasteiger partial charge is 0.306 e. The van der Waals surface area contributed by atoms with Crippen molar-refractivity contribution in [3.63, 3.8) is 0 Å². The summed E-state index contributed by atoms with van der Waals surface area (Å²) in [6.07, 6.45) is 4.66. The first-order chi connectivity index (χ1) is 41.2. The Morgan fingerprint density at radius 1 is 0.253 bits per heavy atom. The molecule has 0 radical (unpaired) electrons. The van der Waals surface area contributed by atoms with Crippen molar-refractivity contribution in [3.05, 3.63) is 337 Å². The topological polar surface area (TPSA) is 13.0 Å². The first kappa shape index (κ1) is 46.9. The smallest absolute Gasteiger partial charge is 0.0714 e. The van der Waals surface area contributed by atoms with Gasteiger partial charge in [0, 0.05) is 22.4 Å². The van der Waals surface area contributed by atoms with Crippen molar-refractivity contribution in [1.82, 2.24) is 0 Å². The van der Waals surface area contributed by atoms with Crippen LogP contribution in [0.1, 0.15) is 33.4 Å². The van der Waals surface area contributed by atoms with Crippen LogP contribution in [0.25, 0.3) is 55.6 Å². The fraction of sp³-hybridized carbons (Fsp3) is 0.0127. The van der Waals surface area contributed by atoms with Gasteiger partial charge in [0.2, 0.25) is 0 Å². The minimum atomic E-state index is -0.627. The van der Waals surface area contributed by atoms with Crippen molar-refractivity contribution in [1.29, 1.82) is 0 Å². The summed E-state index contributed by atoms with van der Waals surface area (Å²) in [5, 5.41) is 7.49. The fourth-order valence-corrected chi connectivity index (χ4v) is 14.2. The number of hydrogen-bond donors (Lipinski definition) is 0. The lowest BCUT2D eigenvalue weighted by Gasteiger charge is -2.41. The Morgan fingerprint density at radius 2 is 0.639 bits per heavy atom. The highest BCUT2D eigenvalue weighted by Crippen LogP contribution is 2.61. The summed E-state index contributed by atoms with van der Waals surface area (Å²) in [5.41, 5.74) is 22.8. The maximum Gasteiger partial charge on any atom is 0.0714 e. The highest BCUT2D eigenvalue weighted by atomic mass is 15.3. The summed E-state index contributed by atoms with van der Waals surface area (Å²) < 4.78 is 0. The Morgan fingerprint density at radius 3 is 1.14 bits per heavy atom. The molecular weight excluding hydrogens is 1000 g/mol. The van der Waals surface area contributed by atoms with Crippen LogP contribution >= 0.6 is 0 Å². The molecule has 2 heterocycles. The van der Waals surface area contributed by atoms with Crippen molar-refractivity contribution >= 4 is 113 Å². The van der Waals surface area contributed by atoms with E-state index in [1.54, 1.807) is 0 Å². The van der Waals surface area contributed by atoms with E-state index in [4.69, 9.17) is 0 Å². The summed E-state index contributed by atoms with van der Waals surface area (Å²) in [5.74, 6) is 0. The van der Waals surface area contributed by atoms with Gasteiger partial charge < -0.3 is 19.6 Å². The maximum atomic E-state index is 2.48. The van der Waals surface area contributed by atoms with Gasteiger partial charge in [0.15, 0.2) is 0 Å². The summed E-state index contributed by atoms with van der Waals surface area (Å²) in [6.45, 7) is 0. The first-order valence-electron chi connectivity index (χ1n) is 28.7. The van der Waals surface area contributed by atoms with Gasteiger partial charge in [0.25, 0.3) is 0 Å². The molecule has 388 valence electrons. The molecule has 83 heavy (non-hydrogen) atoms. The van der Waals surface area contributed by atoms with Crippen LogP contribution in [0.15, 0.2) is 303 Å². The summed E-state index contributed by atoms with van der Waals surface area (Å²) in [7, 11) is 0. The number of fused-ring (bicyclic) bond motifs is 7. The van der Waals surface area contributed by atoms with E-state index in [2.05, 4.69) is 335 Å². The van der Waals surface area contributed by atoms with Crippen LogP contribution in [-0.4, -0.2) is 0 Å². The van der Waals surface area contributed by atoms with Gasteiger partial charge in [0.05, 0.1) is 56.6 Å². The Labute approximate surface area is 482 Å². The van der Waals surface area contributed by atoms with Crippen molar-refractivity contribution in [2.75, 3.05) is 19.6 Å². The summed E-state index contributed by atoms with van der Waals surface area (Å²) in [4.78, 5) is 9.72. The Kier molecular flexibility index (Phi) is 10.5. The van der Waals surface area contributed by atoms with Crippen LogP contribution < -0.4 is 19.6 Å². The standard InChI is InChI=1S/C79H52N4/c1-5-21-57(22-6-1)79(58-23-7-2-8-24-58)66-51-53(38-46-63(66)64-49-45-61(52-67(64)79)82-71-31-15-13-29-69(71)80(59-25-9-3-10-26-59)70-30-14-16-32-72(70)82)37-39-54-40-41-55-43-48-65-68(50-44-56-42-47-62(54)77(55)78(56)65)83-75-35-19-17-33-73(75)81(60-27-11-4-12-28-60)74-34-18-20-36-76(74)83/h1-52H/b39-37+. The van der Waals surface area contributed by atoms with Crippen molar-refractivity contribution in [2.45, 2.75) is 5.41 Å². The van der Waals surface area contributed by atoms with Crippen LogP contribution in [0, 0.1) is 0 Å². The van der Waals surface area contributed by atoms with Crippen LogP contribution in [0.5, 0.6) is 0 Å². The molecule has 0 unspecified atom stereocenters. The second kappa shape index (κ2) is 18.6. The number of benzene rings is 14. The average molecular weight is 1060 g/mol. The number of rotatable bonds is 8. The first-order valence-corrected chi connectivity index (χ1v) is 28.7. The predicted octanol–water partition coefficient (Wildman–Crippen LogP) is 21.6. The van der Waals surface area contributed by atoms with Gasteiger partial charge in [-0.2, -0.15) is 0 Å². The molecule has 0 N–H and O–H groups in total. The Bertz CT molecular complexity index is 4740. The van der Waals surface area contributed by atoms with Gasteiger partial charge in [-0.3, -0.25) is 0 Å². The molecule has 3 aliphatic rings. The van der Waals surface area contributed by atoms with Crippen molar-refractivity contribution < 1.29 is 0 Å². The molecule has 14 aromatic carbocycles. The van der Waals surface area contributed by atoms with E-state index in [-0.39, 0.29) is 0 Å². The molecule has 4 heteroatoms. The van der Waals surface area contributed by atoms with E-state index in [0.29, 0.717) is 0 Å². The number of anilines is 12. The molecule has 0 amide bonds. The summed E-state index contributed by atoms with van der Waals surface area (Å²) in [6, 6.07) is 112. The molecule has 4 nitrogen and oxygen atoms in total. The molecule has 0 atom stereocenters. The second-order valence-electron chi connectivity index (χ2n) is 22.0. The maximum absolute atomic E-state index is 2.48. The lowest BCUT2D eigenvalue weighted by molar-refractivity contribution is 0.768. The average Bonchev–Trinajstić information content (AvgIpc) is 1.86. The Hall–Kier alpha value is -10.9. The third-order valence-corrected chi connectivity index (χ3v) is 17.7. The quantitative estimate of drug-likeness (QED) is 0.111. The van der Waals surface area contributed by atoms with Gasteiger partial charge in [-0.15, -0.1) is 0 Å². The molecule has 0 aromatic heterocycles. The fourth-order valence-electron chi connectivity index (χ4n) is 14.2. The van der Waals surface area contributed by atoms with Gasteiger partial charge in [0.1, 0.15) is 0 Å². The van der Waals surface area contributed by atoms with Crippen LogP contribution in [0.3, 0.4) is 0 Å². The third kappa shape index (κ3) is 7.00. The van der Waals surface area contributed by atoms with E-state index in [1.807, 2.05) is 0 Å². The van der Waals surface area contributed by atoms with Crippen molar-refractivity contribution in [2.24, 2.45) is 0 Å². The van der Waals surface area contributed by atoms with E-state index < -0.39 is 5.41 Å². The Balaban J connectivity index is 0.799. The SMILES string of the molecule is C(=C\c1ccc2ccc3c(N4c5ccccc5N(c5ccccc5)c5ccccc54)ccc4ccc1c2c43)/c1ccc2c(c1)C(c1ccccc1)(c1ccccc1)c1cc(N3c4ccccc4N(c4ccccc4)c4ccccc43)ccc1-2. The molecule has 0 saturated heterocycles. The highest BCUT2D eigenvalue weighted by Gasteiger charge is 2.47. The lowest BCUT2D eigenvalue weighted by Crippen LogP contribution is -2.29. The minimum Gasteiger partial charge on any atom is -0.306 e. The summed E-state index contributed by atoms with van der Waals surface area (Å²) >= 11 is 0. The van der Waals surface area contributed by atoms with E-state index >= 15 is 0 Å². The van der Waals surface area contributed by atoms with Gasteiger partial charge in [-0.25, -0.2) is 0 Å². The molecule has 0 spiro atoms. The van der Waals surface area contributed by atoms with E-state index in [9.17, 15) is 0 Å². The monoisotopic (exact) mass is 1060 g/mol. The molecule has 0 fully saturated rings. The number of nitrogens with zero attached hydrogens (tertiary/aromatic N) is 4. The van der Waals surface area contributed by atoms with Crippen LogP contribution in [0.4, 0.5) is 68.2 Å². The van der Waals surface area contributed by atoms with Gasteiger partial charge in [-0.05, 0) is 169 Å². The zero-order valence-corrected chi connectivity index (χ0v) is 45.3. The van der Waals surface area contributed by atoms with Crippen molar-refractivity contribution in [3.8, 4) is 11.1 Å². The van der Waals surface area contributed by atoms with Gasteiger partial charge >= 0.3 is 0 Å². The second-order valence-corrected chi connectivity index (χ2v) is 22.0.